The minimum atomic E-state index is -0.735. The zero-order valence-electron chi connectivity index (χ0n) is 25.0. The molecule has 43 heavy (non-hydrogen) atoms. The highest BCUT2D eigenvalue weighted by Crippen LogP contribution is 2.30. The van der Waals surface area contributed by atoms with Crippen LogP contribution in [-0.2, 0) is 16.1 Å². The van der Waals surface area contributed by atoms with Gasteiger partial charge in [0.05, 0.1) is 18.0 Å². The largest absolute Gasteiger partial charge is 0.481 e. The number of allylic oxidation sites excluding steroid dienone is 1. The molecule has 0 spiro atoms. The van der Waals surface area contributed by atoms with Gasteiger partial charge in [0.1, 0.15) is 5.76 Å². The molecule has 3 heterocycles. The highest BCUT2D eigenvalue weighted by atomic mass is 35.5. The number of aliphatic carboxylic acids is 1. The second-order valence-electron chi connectivity index (χ2n) is 11.2. The van der Waals surface area contributed by atoms with E-state index in [1.54, 1.807) is 19.4 Å². The first-order valence-corrected chi connectivity index (χ1v) is 15.1. The van der Waals surface area contributed by atoms with Crippen molar-refractivity contribution in [3.05, 3.63) is 57.9 Å². The van der Waals surface area contributed by atoms with Crippen molar-refractivity contribution in [3.63, 3.8) is 0 Å². The van der Waals surface area contributed by atoms with E-state index >= 15 is 0 Å². The highest BCUT2D eigenvalue weighted by molar-refractivity contribution is 6.35. The zero-order valence-corrected chi connectivity index (χ0v) is 26.5. The van der Waals surface area contributed by atoms with Crippen molar-refractivity contribution in [2.45, 2.75) is 38.8 Å². The summed E-state index contributed by atoms with van der Waals surface area (Å²) >= 11 is 12.6. The van der Waals surface area contributed by atoms with E-state index in [0.29, 0.717) is 46.4 Å². The lowest BCUT2D eigenvalue weighted by atomic mass is 9.93. The van der Waals surface area contributed by atoms with Gasteiger partial charge in [-0.1, -0.05) is 23.2 Å². The number of benzene rings is 1. The van der Waals surface area contributed by atoms with Gasteiger partial charge in [0.2, 0.25) is 11.8 Å². The summed E-state index contributed by atoms with van der Waals surface area (Å²) in [5.41, 5.74) is 2.47. The van der Waals surface area contributed by atoms with E-state index < -0.39 is 5.97 Å². The average molecular weight is 632 g/mol. The normalized spacial score (nSPS) is 19.7. The number of pyridine rings is 1. The Hall–Kier alpha value is -3.02. The molecule has 1 aromatic carbocycles. The predicted octanol–water partition coefficient (Wildman–Crippen LogP) is 5.30. The van der Waals surface area contributed by atoms with Gasteiger partial charge < -0.3 is 24.4 Å². The van der Waals surface area contributed by atoms with Gasteiger partial charge >= 0.3 is 5.97 Å². The van der Waals surface area contributed by atoms with Crippen LogP contribution in [0.2, 0.25) is 10.0 Å². The summed E-state index contributed by atoms with van der Waals surface area (Å²) in [5.74, 6) is 0.930. The number of methoxy groups -OCH3 is 1. The Kier molecular flexibility index (Phi) is 12.0. The lowest BCUT2D eigenvalue weighted by Gasteiger charge is -2.31. The summed E-state index contributed by atoms with van der Waals surface area (Å²) in [4.78, 5) is 31.3. The number of nitrogens with zero attached hydrogens (tertiary/aromatic N) is 6. The average Bonchev–Trinajstić information content (AvgIpc) is 3.14. The molecule has 10 nitrogen and oxygen atoms in total. The number of carboxylic acids is 1. The van der Waals surface area contributed by atoms with Gasteiger partial charge in [-0.05, 0) is 82.4 Å². The monoisotopic (exact) mass is 630 g/mol. The lowest BCUT2D eigenvalue weighted by Crippen LogP contribution is -2.37. The van der Waals surface area contributed by atoms with Crippen LogP contribution in [0.5, 0.6) is 5.88 Å². The molecule has 12 heteroatoms. The first-order valence-electron chi connectivity index (χ1n) is 14.4. The van der Waals surface area contributed by atoms with Crippen LogP contribution >= 0.6 is 23.2 Å². The highest BCUT2D eigenvalue weighted by Gasteiger charge is 2.23. The van der Waals surface area contributed by atoms with E-state index in [9.17, 15) is 4.79 Å². The first kappa shape index (κ1) is 32.9. The van der Waals surface area contributed by atoms with E-state index in [0.717, 1.165) is 56.7 Å². The molecule has 4 rings (SSSR count). The van der Waals surface area contributed by atoms with Gasteiger partial charge in [-0.2, -0.15) is 0 Å². The number of hydrogen-bond acceptors (Lipinski definition) is 7. The van der Waals surface area contributed by atoms with Crippen molar-refractivity contribution in [1.82, 2.24) is 19.7 Å². The molecule has 2 aliphatic heterocycles. The van der Waals surface area contributed by atoms with Gasteiger partial charge in [-0.25, -0.2) is 15.0 Å². The summed E-state index contributed by atoms with van der Waals surface area (Å²) in [5, 5.41) is 10.2. The number of likely N-dealkylation sites (tertiary alicyclic amines) is 1. The molecule has 2 aromatic rings. The molecule has 1 atom stereocenters. The van der Waals surface area contributed by atoms with Crippen LogP contribution in [0.1, 0.15) is 31.7 Å². The third-order valence-corrected chi connectivity index (χ3v) is 8.11. The minimum Gasteiger partial charge on any atom is -0.481 e. The number of piperidine rings is 1. The van der Waals surface area contributed by atoms with E-state index in [4.69, 9.17) is 42.8 Å². The Labute approximate surface area is 263 Å². The Bertz CT molecular complexity index is 1330. The van der Waals surface area contributed by atoms with Crippen LogP contribution in [-0.4, -0.2) is 103 Å². The third kappa shape index (κ3) is 10.0. The van der Waals surface area contributed by atoms with Crippen molar-refractivity contribution >= 4 is 41.8 Å². The number of guanidine groups is 1. The van der Waals surface area contributed by atoms with Crippen molar-refractivity contribution < 1.29 is 19.4 Å². The van der Waals surface area contributed by atoms with Crippen molar-refractivity contribution in [2.24, 2.45) is 15.9 Å². The van der Waals surface area contributed by atoms with E-state index in [-0.39, 0.29) is 18.4 Å². The quantitative estimate of drug-likeness (QED) is 0.226. The molecular weight excluding hydrogens is 591 g/mol. The summed E-state index contributed by atoms with van der Waals surface area (Å²) in [6.45, 7) is 11.0. The number of rotatable bonds is 9. The zero-order chi connectivity index (χ0) is 30.9. The van der Waals surface area contributed by atoms with Crippen molar-refractivity contribution in [1.29, 1.82) is 0 Å². The topological polar surface area (TPSA) is 103 Å². The summed E-state index contributed by atoms with van der Waals surface area (Å²) in [7, 11) is 3.78. The van der Waals surface area contributed by atoms with Crippen LogP contribution in [0.15, 0.2) is 52.3 Å². The number of halogens is 2. The van der Waals surface area contributed by atoms with Crippen LogP contribution in [0.3, 0.4) is 0 Å². The molecule has 1 unspecified atom stereocenters. The Balaban J connectivity index is 1.55. The maximum atomic E-state index is 11.1. The van der Waals surface area contributed by atoms with Crippen molar-refractivity contribution in [2.75, 3.05) is 53.4 Å². The molecule has 1 N–H and O–H groups in total. The molecule has 0 radical (unpaired) electrons. The van der Waals surface area contributed by atoms with Crippen LogP contribution in [0, 0.1) is 5.92 Å². The van der Waals surface area contributed by atoms with Crippen molar-refractivity contribution in [3.8, 4) is 17.1 Å². The van der Waals surface area contributed by atoms with Gasteiger partial charge in [-0.3, -0.25) is 9.69 Å². The summed E-state index contributed by atoms with van der Waals surface area (Å²) in [6, 6.07) is 9.25. The molecule has 0 bridgehead atoms. The number of likely N-dealkylation sites (N-methyl/N-ethyl adjacent to an activating group) is 1. The summed E-state index contributed by atoms with van der Waals surface area (Å²) < 4.78 is 11.8. The van der Waals surface area contributed by atoms with Gasteiger partial charge in [-0.15, -0.1) is 0 Å². The number of ether oxygens (including phenoxy) is 2. The molecule has 0 amide bonds. The van der Waals surface area contributed by atoms with Gasteiger partial charge in [0.15, 0.2) is 0 Å². The van der Waals surface area contributed by atoms with E-state index in [2.05, 4.69) is 38.4 Å². The fraction of sp³-hybridized carbons (Fsp3) is 0.484. The van der Waals surface area contributed by atoms with E-state index in [1.165, 1.54) is 0 Å². The fourth-order valence-electron chi connectivity index (χ4n) is 5.42. The molecule has 0 aliphatic carbocycles. The van der Waals surface area contributed by atoms with Crippen LogP contribution in [0.4, 0.5) is 0 Å². The van der Waals surface area contributed by atoms with E-state index in [1.807, 2.05) is 31.2 Å². The standard InChI is InChI=1S/C31H40Cl2N6O4/c1-21(17-35-31(34-2)39-10-9-37(3)19-27(20-39)42-4)43-29-12-23(18-38-7-5-22(6-8-38)13-30(40)41)11-28(36-29)24-14-25(32)16-26(33)15-24/h11-12,14-17,22,27H,2,5-10,13,18-20H2,1,3-4H3,(H,40,41)/b21-17+,35-31?. The Morgan fingerprint density at radius 1 is 1.12 bits per heavy atom. The number of aliphatic imine (C=N–C) groups is 2. The number of aromatic nitrogens is 1. The maximum Gasteiger partial charge on any atom is 0.303 e. The second kappa shape index (κ2) is 15.6. The van der Waals surface area contributed by atoms with Gasteiger partial charge in [0, 0.05) is 67.9 Å². The number of hydrogen-bond donors (Lipinski definition) is 1. The third-order valence-electron chi connectivity index (χ3n) is 7.67. The molecule has 1 aromatic heterocycles. The molecule has 232 valence electrons. The minimum absolute atomic E-state index is 0.0362. The molecule has 2 saturated heterocycles. The molecule has 2 fully saturated rings. The second-order valence-corrected chi connectivity index (χ2v) is 12.0. The molecule has 2 aliphatic rings. The maximum absolute atomic E-state index is 11.1. The molecule has 0 saturated carbocycles. The van der Waals surface area contributed by atoms with Crippen LogP contribution in [0.25, 0.3) is 11.3 Å². The number of carboxylic acid groups (broad SMARTS) is 1. The lowest BCUT2D eigenvalue weighted by molar-refractivity contribution is -0.138. The van der Waals surface area contributed by atoms with Crippen LogP contribution < -0.4 is 4.74 Å². The fourth-order valence-corrected chi connectivity index (χ4v) is 5.95. The molecular formula is C31H40Cl2N6O4. The predicted molar refractivity (Wildman–Crippen MR) is 171 cm³/mol. The SMILES string of the molecule is C=NC(=N/C=C(\C)Oc1cc(CN2CCC(CC(=O)O)CC2)cc(-c2cc(Cl)cc(Cl)c2)n1)N1CCN(C)CC(OC)C1. The summed E-state index contributed by atoms with van der Waals surface area (Å²) in [6.07, 6.45) is 3.59. The van der Waals surface area contributed by atoms with Gasteiger partial charge in [0.25, 0.3) is 0 Å². The Morgan fingerprint density at radius 3 is 2.49 bits per heavy atom. The number of carbonyl (C=O) groups is 1. The first-order chi connectivity index (χ1) is 20.6. The Morgan fingerprint density at radius 2 is 1.84 bits per heavy atom. The smallest absolute Gasteiger partial charge is 0.303 e.